The van der Waals surface area contributed by atoms with E-state index in [1.807, 2.05) is 14.0 Å². The Kier molecular flexibility index (Phi) is 96.4. The van der Waals surface area contributed by atoms with Crippen LogP contribution in [0.2, 0.25) is 0 Å². The Balaban J connectivity index is -0.000000148. The van der Waals surface area contributed by atoms with Gasteiger partial charge >= 0.3 is 117 Å². The van der Waals surface area contributed by atoms with Crippen molar-refractivity contribution in [2.45, 2.75) is 273 Å². The zero-order chi connectivity index (χ0) is 56.0. The van der Waals surface area contributed by atoms with Crippen molar-refractivity contribution in [1.82, 2.24) is 4.90 Å². The predicted octanol–water partition coefficient (Wildman–Crippen LogP) is 15.1. The van der Waals surface area contributed by atoms with Gasteiger partial charge in [-0.1, -0.05) is 177 Å². The first-order valence-corrected chi connectivity index (χ1v) is 28.9. The number of ether oxygens (including phenoxy) is 4. The zero-order valence-corrected chi connectivity index (χ0v) is 62.7. The molecule has 1 rings (SSSR count). The Hall–Kier alpha value is 0.00584. The fraction of sp³-hybridized carbons (Fsp3) is 0.836. The molecule has 0 aromatic heterocycles. The van der Waals surface area contributed by atoms with E-state index < -0.39 is 5.92 Å². The van der Waals surface area contributed by atoms with E-state index in [0.29, 0.717) is 25.7 Å². The molecule has 1 aliphatic rings. The van der Waals surface area contributed by atoms with Crippen molar-refractivity contribution in [2.24, 2.45) is 17.8 Å². The minimum absolute atomic E-state index is 0. The summed E-state index contributed by atoms with van der Waals surface area (Å²) < 4.78 is 21.0. The van der Waals surface area contributed by atoms with Crippen molar-refractivity contribution in [3.8, 4) is 0 Å². The fourth-order valence-electron chi connectivity index (χ4n) is 7.00. The molecule has 0 radical (unpaired) electrons. The minimum atomic E-state index is -0.458. The SMILES string of the molecule is CC(=O)OC1CCN(C)C1.CCCCCCCCOC(=O)CC(CC(=O)OCCCCCCCC)CC(=O)OCCC(C)C.O=[C-]CC(C[C-]=O)C[C-]=O.[CH2-]CC.[CH2-]CCCCCCC.[CH2-]CCCCCCC.[U+2].[U+2].[U+2]. The van der Waals surface area contributed by atoms with E-state index in [0.717, 1.165) is 83.7 Å². The van der Waals surface area contributed by atoms with Gasteiger partial charge in [0.15, 0.2) is 0 Å². The summed E-state index contributed by atoms with van der Waals surface area (Å²) in [5.41, 5.74) is 0. The van der Waals surface area contributed by atoms with E-state index in [2.05, 4.69) is 67.2 Å². The first-order valence-electron chi connectivity index (χ1n) is 28.9. The maximum atomic E-state index is 12.3. The molecule has 0 aromatic rings. The van der Waals surface area contributed by atoms with Gasteiger partial charge in [-0.2, -0.15) is 38.5 Å². The molecule has 0 amide bonds. The van der Waals surface area contributed by atoms with E-state index in [9.17, 15) is 33.6 Å². The van der Waals surface area contributed by atoms with Crippen molar-refractivity contribution in [3.05, 3.63) is 20.8 Å². The van der Waals surface area contributed by atoms with E-state index in [4.69, 9.17) is 18.9 Å². The monoisotopic (exact) mass is 1750 g/mol. The molecule has 0 saturated carbocycles. The van der Waals surface area contributed by atoms with Gasteiger partial charge in [0.05, 0.1) is 19.8 Å². The van der Waals surface area contributed by atoms with Gasteiger partial charge in [-0.3, -0.25) is 38.0 Å². The van der Waals surface area contributed by atoms with Crippen LogP contribution in [0, 0.1) is 132 Å². The van der Waals surface area contributed by atoms with Crippen molar-refractivity contribution >= 4 is 42.7 Å². The molecule has 1 saturated heterocycles. The largest absolute Gasteiger partial charge is 2.00 e. The molecule has 0 aromatic carbocycles. The van der Waals surface area contributed by atoms with Crippen molar-refractivity contribution < 1.29 is 146 Å². The van der Waals surface area contributed by atoms with Crippen LogP contribution in [0.25, 0.3) is 0 Å². The van der Waals surface area contributed by atoms with Crippen LogP contribution in [-0.2, 0) is 52.5 Å². The molecule has 0 N–H and O–H groups in total. The first-order chi connectivity index (χ1) is 35.2. The molecule has 1 heterocycles. The summed E-state index contributed by atoms with van der Waals surface area (Å²) in [6.07, 6.45) is 37.6. The molecule has 1 fully saturated rings. The van der Waals surface area contributed by atoms with E-state index >= 15 is 0 Å². The molecule has 15 heteroatoms. The Morgan fingerprint density at radius 3 is 1.11 bits per heavy atom. The molecule has 1 unspecified atom stereocenters. The van der Waals surface area contributed by atoms with Crippen molar-refractivity contribution in [3.63, 3.8) is 0 Å². The molecular weight excluding hydrogens is 1640 g/mol. The van der Waals surface area contributed by atoms with Crippen LogP contribution in [0.5, 0.6) is 0 Å². The summed E-state index contributed by atoms with van der Waals surface area (Å²) in [6, 6.07) is 0. The van der Waals surface area contributed by atoms with Crippen LogP contribution >= 0.6 is 0 Å². The molecular formula is C61H113NO11U3. The third-order valence-corrected chi connectivity index (χ3v) is 11.4. The smallest absolute Gasteiger partial charge is 0.542 e. The van der Waals surface area contributed by atoms with Gasteiger partial charge in [-0.25, -0.2) is 0 Å². The first kappa shape index (κ1) is 92.5. The van der Waals surface area contributed by atoms with Crippen LogP contribution < -0.4 is 0 Å². The normalized spacial score (nSPS) is 12.0. The summed E-state index contributed by atoms with van der Waals surface area (Å²) in [5, 5.41) is 0. The van der Waals surface area contributed by atoms with Crippen LogP contribution in [0.4, 0.5) is 0 Å². The molecule has 1 atom stereocenters. The predicted molar refractivity (Wildman–Crippen MR) is 302 cm³/mol. The molecule has 440 valence electrons. The van der Waals surface area contributed by atoms with Gasteiger partial charge in [0, 0.05) is 39.3 Å². The molecule has 1 aliphatic heterocycles. The minimum Gasteiger partial charge on any atom is -0.542 e. The summed E-state index contributed by atoms with van der Waals surface area (Å²) in [7, 11) is 2.03. The second kappa shape index (κ2) is 79.2. The third kappa shape index (κ3) is 85.3. The maximum Gasteiger partial charge on any atom is 2.00 e. The number of rotatable bonds is 40. The van der Waals surface area contributed by atoms with Gasteiger partial charge in [-0.05, 0) is 44.6 Å². The van der Waals surface area contributed by atoms with Crippen molar-refractivity contribution in [1.29, 1.82) is 0 Å². The van der Waals surface area contributed by atoms with Gasteiger partial charge in [0.1, 0.15) is 6.10 Å². The number of esters is 4. The number of carbonyl (C=O) groups excluding carboxylic acids is 7. The van der Waals surface area contributed by atoms with Gasteiger partial charge in [-0.15, -0.1) is 5.92 Å². The molecule has 0 bridgehead atoms. The third-order valence-electron chi connectivity index (χ3n) is 11.4. The molecule has 12 nitrogen and oxygen atoms in total. The molecule has 76 heavy (non-hydrogen) atoms. The van der Waals surface area contributed by atoms with Crippen LogP contribution in [0.1, 0.15) is 267 Å². The zero-order valence-electron chi connectivity index (χ0n) is 50.2. The van der Waals surface area contributed by atoms with E-state index in [1.54, 1.807) is 18.9 Å². The quantitative estimate of drug-likeness (QED) is 0.0248. The van der Waals surface area contributed by atoms with Crippen molar-refractivity contribution in [2.75, 3.05) is 40.0 Å². The summed E-state index contributed by atoms with van der Waals surface area (Å²) in [4.78, 5) is 78.8. The summed E-state index contributed by atoms with van der Waals surface area (Å²) in [6.45, 7) is 30.6. The Morgan fingerprint density at radius 2 is 0.829 bits per heavy atom. The number of likely N-dealkylation sites (tertiary alicyclic amines) is 1. The second-order valence-corrected chi connectivity index (χ2v) is 19.6. The van der Waals surface area contributed by atoms with Gasteiger partial charge < -0.3 is 59.0 Å². The number of nitrogens with zero attached hydrogens (tertiary/aromatic N) is 1. The van der Waals surface area contributed by atoms with E-state index in [-0.39, 0.29) is 168 Å². The molecule has 0 spiro atoms. The van der Waals surface area contributed by atoms with Crippen LogP contribution in [0.15, 0.2) is 0 Å². The van der Waals surface area contributed by atoms with Gasteiger partial charge in [0.2, 0.25) is 0 Å². The average molecular weight is 1750 g/mol. The number of unbranched alkanes of at least 4 members (excludes halogenated alkanes) is 20. The molecule has 0 aliphatic carbocycles. The Bertz CT molecular complexity index is 1140. The Morgan fingerprint density at radius 1 is 0.513 bits per heavy atom. The van der Waals surface area contributed by atoms with Crippen LogP contribution in [0.3, 0.4) is 0 Å². The number of likely N-dealkylation sites (N-methyl/N-ethyl adjacent to an activating group) is 1. The fourth-order valence-corrected chi connectivity index (χ4v) is 7.00. The topological polar surface area (TPSA) is 160 Å². The number of hydrogen-bond acceptors (Lipinski definition) is 12. The Labute approximate surface area is 540 Å². The average Bonchev–Trinajstić information content (AvgIpc) is 3.75. The van der Waals surface area contributed by atoms with E-state index in [1.165, 1.54) is 110 Å². The maximum absolute atomic E-state index is 12.3. The van der Waals surface area contributed by atoms with Crippen LogP contribution in [-0.4, -0.2) is 93.7 Å². The standard InChI is InChI=1S/C28H52O6.2C8H17.C7H13NO2.C7H7O3.C3H7.3U/c1-5-7-9-11-13-15-18-32-26(29)21-25(23-28(31)34-20-17-24(3)4)22-27(30)33-19-16-14-12-10-8-6-2;2*1-3-5-7-8-6-4-2;1-6(9)10-7-3-4-8(2)5-7;8-4-1-7(2-5-9)3-6-10;1-3-2;;;/h24-25H,5-23H2,1-4H3;2*1,3-8H2,2H3;7H,3-5H2,1-2H3;7H,1-3H2;1,3H2,2H3;;;/q;2*-1;;-3;-1;3*+2. The summed E-state index contributed by atoms with van der Waals surface area (Å²) in [5.74, 6) is -1.53. The number of carbonyl (C=O) groups is 4. The second-order valence-electron chi connectivity index (χ2n) is 19.6. The number of hydrogen-bond donors (Lipinski definition) is 0. The summed E-state index contributed by atoms with van der Waals surface area (Å²) >= 11 is 0. The van der Waals surface area contributed by atoms with Gasteiger partial charge in [0.25, 0.3) is 0 Å².